The van der Waals surface area contributed by atoms with E-state index in [-0.39, 0.29) is 12.6 Å². The fraction of sp³-hybridized carbons (Fsp3) is 0.600. The number of nitrogens with one attached hydrogen (secondary N) is 1. The second kappa shape index (κ2) is 3.20. The number of hydrogen-bond acceptors (Lipinski definition) is 5. The molecule has 0 atom stereocenters. The number of hydrogen-bond donors (Lipinski definition) is 3. The fourth-order valence-corrected chi connectivity index (χ4v) is 0.726. The Morgan fingerprint density at radius 3 is 2.91 bits per heavy atom. The second-order valence-electron chi connectivity index (χ2n) is 2.07. The summed E-state index contributed by atoms with van der Waals surface area (Å²) in [5.41, 5.74) is 5.31. The molecule has 1 aromatic heterocycles. The number of aryl methyl sites for hydroxylation is 1. The van der Waals surface area contributed by atoms with E-state index < -0.39 is 0 Å². The first kappa shape index (κ1) is 7.80. The van der Waals surface area contributed by atoms with E-state index in [0.29, 0.717) is 12.5 Å². The average Bonchev–Trinajstić information content (AvgIpc) is 2.26. The van der Waals surface area contributed by atoms with Crippen molar-refractivity contribution in [2.24, 2.45) is 7.05 Å². The van der Waals surface area contributed by atoms with Gasteiger partial charge in [-0.25, -0.2) is 4.68 Å². The van der Waals surface area contributed by atoms with Crippen LogP contribution in [0.4, 0.5) is 11.9 Å². The van der Waals surface area contributed by atoms with E-state index in [4.69, 9.17) is 10.8 Å². The summed E-state index contributed by atoms with van der Waals surface area (Å²) in [6, 6.07) is 0. The quantitative estimate of drug-likeness (QED) is 0.513. The molecular formula is C5H11N5O. The summed E-state index contributed by atoms with van der Waals surface area (Å²) in [5, 5.41) is 15.1. The van der Waals surface area contributed by atoms with Crippen molar-refractivity contribution in [2.45, 2.75) is 0 Å². The van der Waals surface area contributed by atoms with Crippen LogP contribution >= 0.6 is 0 Å². The third-order valence-electron chi connectivity index (χ3n) is 1.17. The van der Waals surface area contributed by atoms with Gasteiger partial charge in [0.1, 0.15) is 0 Å². The van der Waals surface area contributed by atoms with Gasteiger partial charge < -0.3 is 16.2 Å². The van der Waals surface area contributed by atoms with Crippen molar-refractivity contribution in [1.82, 2.24) is 14.8 Å². The lowest BCUT2D eigenvalue weighted by Gasteiger charge is -1.99. The van der Waals surface area contributed by atoms with E-state index in [1.807, 2.05) is 0 Å². The highest BCUT2D eigenvalue weighted by Gasteiger charge is 2.01. The molecule has 1 rings (SSSR count). The minimum absolute atomic E-state index is 0.0623. The molecule has 11 heavy (non-hydrogen) atoms. The molecule has 0 bridgehead atoms. The maximum absolute atomic E-state index is 8.47. The van der Waals surface area contributed by atoms with Gasteiger partial charge >= 0.3 is 0 Å². The Labute approximate surface area is 64.0 Å². The Kier molecular flexibility index (Phi) is 2.27. The maximum atomic E-state index is 8.47. The molecule has 1 aromatic rings. The SMILES string of the molecule is Cn1nc(N)nc1NCCO. The fourth-order valence-electron chi connectivity index (χ4n) is 0.726. The van der Waals surface area contributed by atoms with E-state index in [1.165, 1.54) is 4.68 Å². The van der Waals surface area contributed by atoms with Gasteiger partial charge in [-0.1, -0.05) is 0 Å². The Bertz CT molecular complexity index is 233. The number of anilines is 2. The van der Waals surface area contributed by atoms with Crippen molar-refractivity contribution in [1.29, 1.82) is 0 Å². The molecule has 0 saturated heterocycles. The van der Waals surface area contributed by atoms with Crippen molar-refractivity contribution in [3.8, 4) is 0 Å². The molecule has 0 aliphatic rings. The van der Waals surface area contributed by atoms with Crippen LogP contribution in [0, 0.1) is 0 Å². The molecule has 0 aliphatic heterocycles. The van der Waals surface area contributed by atoms with Gasteiger partial charge in [-0.05, 0) is 0 Å². The van der Waals surface area contributed by atoms with Gasteiger partial charge in [0, 0.05) is 13.6 Å². The van der Waals surface area contributed by atoms with Crippen LogP contribution in [0.25, 0.3) is 0 Å². The van der Waals surface area contributed by atoms with E-state index in [9.17, 15) is 0 Å². The highest BCUT2D eigenvalue weighted by molar-refractivity contribution is 5.31. The summed E-state index contributed by atoms with van der Waals surface area (Å²) in [7, 11) is 1.73. The Morgan fingerprint density at radius 1 is 1.73 bits per heavy atom. The van der Waals surface area contributed by atoms with E-state index in [2.05, 4.69) is 15.4 Å². The third kappa shape index (κ3) is 1.81. The summed E-state index contributed by atoms with van der Waals surface area (Å²) in [4.78, 5) is 3.86. The molecule has 6 heteroatoms. The number of rotatable bonds is 3. The van der Waals surface area contributed by atoms with Crippen LogP contribution < -0.4 is 11.1 Å². The summed E-state index contributed by atoms with van der Waals surface area (Å²) in [6.07, 6.45) is 0. The van der Waals surface area contributed by atoms with E-state index in [0.717, 1.165) is 0 Å². The normalized spacial score (nSPS) is 10.0. The van der Waals surface area contributed by atoms with Crippen LogP contribution in [0.2, 0.25) is 0 Å². The minimum atomic E-state index is 0.0623. The average molecular weight is 157 g/mol. The Balaban J connectivity index is 2.62. The van der Waals surface area contributed by atoms with Crippen molar-refractivity contribution in [2.75, 3.05) is 24.2 Å². The summed E-state index contributed by atoms with van der Waals surface area (Å²) >= 11 is 0. The smallest absolute Gasteiger partial charge is 0.241 e. The van der Waals surface area contributed by atoms with Gasteiger partial charge in [-0.15, -0.1) is 5.10 Å². The number of aromatic nitrogens is 3. The second-order valence-corrected chi connectivity index (χ2v) is 2.07. The number of nitrogens with zero attached hydrogens (tertiary/aromatic N) is 3. The van der Waals surface area contributed by atoms with Gasteiger partial charge in [0.25, 0.3) is 0 Å². The monoisotopic (exact) mass is 157 g/mol. The summed E-state index contributed by atoms with van der Waals surface area (Å²) in [5.74, 6) is 0.796. The molecule has 0 aromatic carbocycles. The molecular weight excluding hydrogens is 146 g/mol. The standard InChI is InChI=1S/C5H11N5O/c1-10-5(7-2-3-11)8-4(6)9-10/h11H,2-3H2,1H3,(H3,6,7,8,9). The lowest BCUT2D eigenvalue weighted by Crippen LogP contribution is -2.09. The first-order chi connectivity index (χ1) is 5.24. The van der Waals surface area contributed by atoms with Crippen LogP contribution in [0.3, 0.4) is 0 Å². The Morgan fingerprint density at radius 2 is 2.45 bits per heavy atom. The van der Waals surface area contributed by atoms with Gasteiger partial charge in [0.05, 0.1) is 6.61 Å². The molecule has 0 saturated carbocycles. The summed E-state index contributed by atoms with van der Waals surface area (Å²) in [6.45, 7) is 0.513. The molecule has 0 radical (unpaired) electrons. The summed E-state index contributed by atoms with van der Waals surface area (Å²) < 4.78 is 1.52. The molecule has 6 nitrogen and oxygen atoms in total. The zero-order chi connectivity index (χ0) is 8.27. The van der Waals surface area contributed by atoms with Crippen molar-refractivity contribution in [3.05, 3.63) is 0 Å². The highest BCUT2D eigenvalue weighted by atomic mass is 16.3. The predicted molar refractivity (Wildman–Crippen MR) is 41.0 cm³/mol. The number of aliphatic hydroxyl groups is 1. The molecule has 0 fully saturated rings. The Hall–Kier alpha value is -1.30. The topological polar surface area (TPSA) is 89.0 Å². The lowest BCUT2D eigenvalue weighted by molar-refractivity contribution is 0.310. The zero-order valence-corrected chi connectivity index (χ0v) is 6.28. The highest BCUT2D eigenvalue weighted by Crippen LogP contribution is 2.01. The largest absolute Gasteiger partial charge is 0.395 e. The van der Waals surface area contributed by atoms with E-state index >= 15 is 0 Å². The van der Waals surface area contributed by atoms with Crippen LogP contribution in [0.1, 0.15) is 0 Å². The number of nitrogens with two attached hydrogens (primary N) is 1. The van der Waals surface area contributed by atoms with Crippen molar-refractivity contribution in [3.63, 3.8) is 0 Å². The molecule has 0 amide bonds. The van der Waals surface area contributed by atoms with Gasteiger partial charge in [-0.2, -0.15) is 4.98 Å². The minimum Gasteiger partial charge on any atom is -0.395 e. The van der Waals surface area contributed by atoms with Crippen LogP contribution in [-0.4, -0.2) is 33.0 Å². The maximum Gasteiger partial charge on any atom is 0.241 e. The van der Waals surface area contributed by atoms with E-state index in [1.54, 1.807) is 7.05 Å². The van der Waals surface area contributed by atoms with Gasteiger partial charge in [0.15, 0.2) is 0 Å². The molecule has 0 aliphatic carbocycles. The molecule has 62 valence electrons. The van der Waals surface area contributed by atoms with Crippen molar-refractivity contribution < 1.29 is 5.11 Å². The number of aliphatic hydroxyl groups excluding tert-OH is 1. The van der Waals surface area contributed by atoms with Gasteiger partial charge in [-0.3, -0.25) is 0 Å². The molecule has 0 spiro atoms. The van der Waals surface area contributed by atoms with Crippen molar-refractivity contribution >= 4 is 11.9 Å². The predicted octanol–water partition coefficient (Wildman–Crippen LogP) is -1.20. The lowest BCUT2D eigenvalue weighted by atomic mass is 10.7. The number of nitrogen functional groups attached to an aromatic ring is 1. The molecule has 0 unspecified atom stereocenters. The first-order valence-corrected chi connectivity index (χ1v) is 3.25. The molecule has 1 heterocycles. The third-order valence-corrected chi connectivity index (χ3v) is 1.17. The molecule has 4 N–H and O–H groups in total. The van der Waals surface area contributed by atoms with Crippen LogP contribution in [0.5, 0.6) is 0 Å². The zero-order valence-electron chi connectivity index (χ0n) is 6.28. The van der Waals surface area contributed by atoms with Gasteiger partial charge in [0.2, 0.25) is 11.9 Å². The van der Waals surface area contributed by atoms with Crippen LogP contribution in [-0.2, 0) is 7.05 Å². The first-order valence-electron chi connectivity index (χ1n) is 3.25. The van der Waals surface area contributed by atoms with Crippen LogP contribution in [0.15, 0.2) is 0 Å².